The average molecular weight is 409 g/mol. The van der Waals surface area contributed by atoms with Crippen LogP contribution in [0.3, 0.4) is 0 Å². The first-order valence-electron chi connectivity index (χ1n) is 10.2. The smallest absolute Gasteiger partial charge is 0.253 e. The number of imidazole rings is 1. The lowest BCUT2D eigenvalue weighted by atomic mass is 10.1. The van der Waals surface area contributed by atoms with E-state index in [0.717, 1.165) is 46.5 Å². The predicted molar refractivity (Wildman–Crippen MR) is 118 cm³/mol. The van der Waals surface area contributed by atoms with E-state index in [2.05, 4.69) is 31.5 Å². The third-order valence-electron chi connectivity index (χ3n) is 5.66. The van der Waals surface area contributed by atoms with Gasteiger partial charge < -0.3 is 15.0 Å². The minimum Gasteiger partial charge on any atom is -0.493 e. The van der Waals surface area contributed by atoms with Crippen LogP contribution in [-0.2, 0) is 13.0 Å². The Hall–Kier alpha value is -4.13. The topological polar surface area (TPSA) is 95.7 Å². The zero-order chi connectivity index (χ0) is 20.8. The van der Waals surface area contributed by atoms with Gasteiger partial charge in [-0.05, 0) is 35.4 Å². The van der Waals surface area contributed by atoms with Crippen molar-refractivity contribution in [3.63, 3.8) is 0 Å². The minimum atomic E-state index is -0.149. The summed E-state index contributed by atoms with van der Waals surface area (Å²) in [5.74, 6) is 1.42. The van der Waals surface area contributed by atoms with Crippen LogP contribution in [0, 0.1) is 0 Å². The summed E-state index contributed by atoms with van der Waals surface area (Å²) in [6, 6.07) is 19.5. The van der Waals surface area contributed by atoms with E-state index in [0.29, 0.717) is 23.4 Å². The van der Waals surface area contributed by atoms with Crippen LogP contribution in [0.5, 0.6) is 5.75 Å². The molecule has 1 amide bonds. The molecule has 0 unspecified atom stereocenters. The lowest BCUT2D eigenvalue weighted by molar-refractivity contribution is 0.0952. The van der Waals surface area contributed by atoms with Crippen LogP contribution in [0.1, 0.15) is 21.5 Å². The number of rotatable bonds is 4. The van der Waals surface area contributed by atoms with Gasteiger partial charge in [-0.1, -0.05) is 36.4 Å². The normalized spacial score (nSPS) is 12.8. The highest BCUT2D eigenvalue weighted by atomic mass is 16.5. The van der Waals surface area contributed by atoms with E-state index >= 15 is 0 Å². The fraction of sp³-hybridized carbons (Fsp3) is 0.125. The molecule has 0 radical (unpaired) electrons. The van der Waals surface area contributed by atoms with Gasteiger partial charge in [0.25, 0.3) is 5.91 Å². The Balaban J connectivity index is 1.30. The van der Waals surface area contributed by atoms with Crippen molar-refractivity contribution in [1.82, 2.24) is 25.5 Å². The molecular weight excluding hydrogens is 390 g/mol. The Morgan fingerprint density at radius 3 is 3.00 bits per heavy atom. The van der Waals surface area contributed by atoms with E-state index in [1.165, 1.54) is 5.56 Å². The van der Waals surface area contributed by atoms with E-state index < -0.39 is 0 Å². The molecule has 5 aromatic rings. The van der Waals surface area contributed by atoms with E-state index in [9.17, 15) is 4.79 Å². The SMILES string of the molecule is O=C(NCc1ccc2c(c1)CCO2)c1cccc2nc(-c3n[nH]c4ccccc34)[nH]c12. The Labute approximate surface area is 177 Å². The van der Waals surface area contributed by atoms with Gasteiger partial charge in [0.1, 0.15) is 11.4 Å². The number of fused-ring (bicyclic) bond motifs is 3. The van der Waals surface area contributed by atoms with Gasteiger partial charge >= 0.3 is 0 Å². The maximum atomic E-state index is 13.0. The highest BCUT2D eigenvalue weighted by Crippen LogP contribution is 2.28. The molecule has 3 aromatic carbocycles. The van der Waals surface area contributed by atoms with Gasteiger partial charge in [-0.15, -0.1) is 0 Å². The number of para-hydroxylation sites is 2. The van der Waals surface area contributed by atoms with Gasteiger partial charge in [-0.25, -0.2) is 4.98 Å². The summed E-state index contributed by atoms with van der Waals surface area (Å²) in [5, 5.41) is 11.4. The molecular formula is C24H19N5O2. The molecule has 0 aliphatic carbocycles. The lowest BCUT2D eigenvalue weighted by Gasteiger charge is -2.07. The van der Waals surface area contributed by atoms with Crippen molar-refractivity contribution in [3.05, 3.63) is 77.4 Å². The van der Waals surface area contributed by atoms with Crippen LogP contribution >= 0.6 is 0 Å². The molecule has 1 aliphatic rings. The van der Waals surface area contributed by atoms with E-state index in [1.807, 2.05) is 48.5 Å². The Morgan fingerprint density at radius 2 is 2.03 bits per heavy atom. The second kappa shape index (κ2) is 6.98. The van der Waals surface area contributed by atoms with Crippen molar-refractivity contribution < 1.29 is 9.53 Å². The maximum Gasteiger partial charge on any atom is 0.253 e. The molecule has 152 valence electrons. The van der Waals surface area contributed by atoms with Gasteiger partial charge in [0.05, 0.1) is 28.7 Å². The third kappa shape index (κ3) is 3.02. The number of aromatic nitrogens is 4. The number of hydrogen-bond donors (Lipinski definition) is 3. The first-order chi connectivity index (χ1) is 15.3. The number of aromatic amines is 2. The molecule has 0 fully saturated rings. The van der Waals surface area contributed by atoms with Crippen molar-refractivity contribution in [2.75, 3.05) is 6.61 Å². The van der Waals surface area contributed by atoms with Gasteiger partial charge in [-0.3, -0.25) is 9.89 Å². The van der Waals surface area contributed by atoms with Gasteiger partial charge in [0, 0.05) is 18.4 Å². The quantitative estimate of drug-likeness (QED) is 0.418. The molecule has 0 saturated heterocycles. The second-order valence-electron chi connectivity index (χ2n) is 7.63. The molecule has 0 bridgehead atoms. The number of H-pyrrole nitrogens is 2. The zero-order valence-corrected chi connectivity index (χ0v) is 16.6. The van der Waals surface area contributed by atoms with E-state index in [-0.39, 0.29) is 5.91 Å². The molecule has 6 rings (SSSR count). The number of hydrogen-bond acceptors (Lipinski definition) is 4. The van der Waals surface area contributed by atoms with Crippen LogP contribution in [0.2, 0.25) is 0 Å². The first-order valence-corrected chi connectivity index (χ1v) is 10.2. The van der Waals surface area contributed by atoms with Gasteiger partial charge in [0.15, 0.2) is 5.82 Å². The summed E-state index contributed by atoms with van der Waals surface area (Å²) < 4.78 is 5.55. The van der Waals surface area contributed by atoms with Crippen molar-refractivity contribution in [2.45, 2.75) is 13.0 Å². The summed E-state index contributed by atoms with van der Waals surface area (Å²) in [6.45, 7) is 1.17. The molecule has 0 spiro atoms. The van der Waals surface area contributed by atoms with Crippen molar-refractivity contribution in [2.24, 2.45) is 0 Å². The van der Waals surface area contributed by atoms with E-state index in [4.69, 9.17) is 4.74 Å². The monoisotopic (exact) mass is 409 g/mol. The number of amides is 1. The van der Waals surface area contributed by atoms with E-state index in [1.54, 1.807) is 6.07 Å². The molecule has 0 atom stereocenters. The highest BCUT2D eigenvalue weighted by Gasteiger charge is 2.17. The first kappa shape index (κ1) is 17.7. The van der Waals surface area contributed by atoms with Crippen LogP contribution in [0.15, 0.2) is 60.7 Å². The van der Waals surface area contributed by atoms with Crippen molar-refractivity contribution in [3.8, 4) is 17.3 Å². The lowest BCUT2D eigenvalue weighted by Crippen LogP contribution is -2.23. The third-order valence-corrected chi connectivity index (χ3v) is 5.66. The summed E-state index contributed by atoms with van der Waals surface area (Å²) in [5.41, 5.74) is 5.90. The summed E-state index contributed by atoms with van der Waals surface area (Å²) in [7, 11) is 0. The van der Waals surface area contributed by atoms with Crippen molar-refractivity contribution in [1.29, 1.82) is 0 Å². The standard InChI is InChI=1S/C24H19N5O2/c30-24(25-13-14-8-9-20-15(12-14)10-11-31-20)17-5-3-7-19-21(17)27-23(26-19)22-16-4-1-2-6-18(16)28-29-22/h1-9,12H,10-11,13H2,(H,25,30)(H,26,27)(H,28,29). The number of benzene rings is 3. The molecule has 1 aliphatic heterocycles. The molecule has 7 heteroatoms. The summed E-state index contributed by atoms with van der Waals surface area (Å²) >= 11 is 0. The Bertz CT molecular complexity index is 1450. The number of nitrogens with zero attached hydrogens (tertiary/aromatic N) is 2. The van der Waals surface area contributed by atoms with Gasteiger partial charge in [0.2, 0.25) is 0 Å². The number of nitrogens with one attached hydrogen (secondary N) is 3. The van der Waals surface area contributed by atoms with Gasteiger partial charge in [-0.2, -0.15) is 5.10 Å². The number of carbonyl (C=O) groups excluding carboxylic acids is 1. The fourth-order valence-electron chi connectivity index (χ4n) is 4.10. The maximum absolute atomic E-state index is 13.0. The van der Waals surface area contributed by atoms with Crippen LogP contribution < -0.4 is 10.1 Å². The summed E-state index contributed by atoms with van der Waals surface area (Å²) in [4.78, 5) is 20.9. The van der Waals surface area contributed by atoms with Crippen LogP contribution in [0.4, 0.5) is 0 Å². The zero-order valence-electron chi connectivity index (χ0n) is 16.6. The predicted octanol–water partition coefficient (Wildman–Crippen LogP) is 3.97. The number of ether oxygens (including phenoxy) is 1. The highest BCUT2D eigenvalue weighted by molar-refractivity contribution is 6.05. The van der Waals surface area contributed by atoms with Crippen LogP contribution in [0.25, 0.3) is 33.5 Å². The Kier molecular flexibility index (Phi) is 3.99. The summed E-state index contributed by atoms with van der Waals surface area (Å²) in [6.07, 6.45) is 0.912. The fourth-order valence-corrected chi connectivity index (χ4v) is 4.10. The largest absolute Gasteiger partial charge is 0.493 e. The molecule has 3 N–H and O–H groups in total. The molecule has 7 nitrogen and oxygen atoms in total. The average Bonchev–Trinajstić information content (AvgIpc) is 3.53. The second-order valence-corrected chi connectivity index (χ2v) is 7.63. The van der Waals surface area contributed by atoms with Crippen LogP contribution in [-0.4, -0.2) is 32.7 Å². The molecule has 3 heterocycles. The molecule has 31 heavy (non-hydrogen) atoms. The molecule has 0 saturated carbocycles. The Morgan fingerprint density at radius 1 is 1.10 bits per heavy atom. The van der Waals surface area contributed by atoms with Crippen molar-refractivity contribution >= 4 is 27.8 Å². The molecule has 2 aromatic heterocycles. The number of carbonyl (C=O) groups is 1. The minimum absolute atomic E-state index is 0.149.